The normalized spacial score (nSPS) is 14.8. The van der Waals surface area contributed by atoms with E-state index in [0.29, 0.717) is 5.70 Å². The summed E-state index contributed by atoms with van der Waals surface area (Å²) < 4.78 is 0. The Morgan fingerprint density at radius 3 is 2.29 bits per heavy atom. The van der Waals surface area contributed by atoms with Crippen LogP contribution >= 0.6 is 0 Å². The van der Waals surface area contributed by atoms with E-state index >= 15 is 0 Å². The Labute approximate surface area is 103 Å². The van der Waals surface area contributed by atoms with E-state index in [2.05, 4.69) is 11.6 Å². The molecule has 0 radical (unpaired) electrons. The van der Waals surface area contributed by atoms with Gasteiger partial charge in [-0.05, 0) is 33.3 Å². The highest BCUT2D eigenvalue weighted by Crippen LogP contribution is 2.09. The van der Waals surface area contributed by atoms with Gasteiger partial charge >= 0.3 is 5.97 Å². The molecule has 0 aromatic heterocycles. The highest BCUT2D eigenvalue weighted by atomic mass is 16.4. The average Bonchev–Trinajstić information content (AvgIpc) is 2.28. The van der Waals surface area contributed by atoms with Gasteiger partial charge in [-0.2, -0.15) is 0 Å². The number of allylic oxidation sites excluding steroid dienone is 6. The van der Waals surface area contributed by atoms with Gasteiger partial charge < -0.3 is 5.11 Å². The van der Waals surface area contributed by atoms with Crippen molar-refractivity contribution in [2.75, 3.05) is 0 Å². The highest BCUT2D eigenvalue weighted by molar-refractivity contribution is 6.01. The SMILES string of the molecule is C=CC(=C\C=C/C)/C(C)=N\C(C)=C(/C)C(=O)O. The molecule has 3 heteroatoms. The molecular weight excluding hydrogens is 214 g/mol. The van der Waals surface area contributed by atoms with Gasteiger partial charge in [-0.3, -0.25) is 4.99 Å². The number of hydrogen-bond acceptors (Lipinski definition) is 2. The summed E-state index contributed by atoms with van der Waals surface area (Å²) in [5.74, 6) is -0.948. The fourth-order valence-corrected chi connectivity index (χ4v) is 1.09. The fraction of sp³-hybridized carbons (Fsp3) is 0.286. The molecule has 0 unspecified atom stereocenters. The van der Waals surface area contributed by atoms with Gasteiger partial charge in [-0.1, -0.05) is 30.9 Å². The number of hydrogen-bond donors (Lipinski definition) is 1. The van der Waals surface area contributed by atoms with Crippen LogP contribution in [0.25, 0.3) is 0 Å². The number of nitrogens with zero attached hydrogens (tertiary/aromatic N) is 1. The molecule has 0 aliphatic carbocycles. The fourth-order valence-electron chi connectivity index (χ4n) is 1.09. The van der Waals surface area contributed by atoms with Crippen molar-refractivity contribution in [1.29, 1.82) is 0 Å². The minimum Gasteiger partial charge on any atom is -0.478 e. The molecule has 0 heterocycles. The van der Waals surface area contributed by atoms with Crippen LogP contribution < -0.4 is 0 Å². The summed E-state index contributed by atoms with van der Waals surface area (Å²) in [6, 6.07) is 0. The Morgan fingerprint density at radius 1 is 1.29 bits per heavy atom. The van der Waals surface area contributed by atoms with Gasteiger partial charge in [0.15, 0.2) is 0 Å². The Hall–Kier alpha value is -1.90. The number of carboxylic acid groups (broad SMARTS) is 1. The molecule has 0 aromatic rings. The third kappa shape index (κ3) is 5.11. The van der Waals surface area contributed by atoms with Crippen LogP contribution in [0.3, 0.4) is 0 Å². The van der Waals surface area contributed by atoms with Gasteiger partial charge in [0, 0.05) is 11.4 Å². The predicted molar refractivity (Wildman–Crippen MR) is 72.2 cm³/mol. The van der Waals surface area contributed by atoms with E-state index in [1.807, 2.05) is 32.1 Å². The Bertz CT molecular complexity index is 424. The van der Waals surface area contributed by atoms with Crippen LogP contribution in [-0.4, -0.2) is 16.8 Å². The van der Waals surface area contributed by atoms with Gasteiger partial charge in [-0.15, -0.1) is 0 Å². The summed E-state index contributed by atoms with van der Waals surface area (Å²) in [5.41, 5.74) is 2.37. The molecule has 0 rings (SSSR count). The van der Waals surface area contributed by atoms with E-state index in [0.717, 1.165) is 11.3 Å². The second-order valence-electron chi connectivity index (χ2n) is 3.56. The van der Waals surface area contributed by atoms with Crippen molar-refractivity contribution in [2.24, 2.45) is 4.99 Å². The number of aliphatic imine (C=N–C) groups is 1. The zero-order valence-electron chi connectivity index (χ0n) is 10.8. The third-order valence-electron chi connectivity index (χ3n) is 2.30. The number of carbonyl (C=O) groups is 1. The summed E-state index contributed by atoms with van der Waals surface area (Å²) in [5, 5.41) is 8.83. The molecule has 3 nitrogen and oxygen atoms in total. The van der Waals surface area contributed by atoms with Crippen LogP contribution in [-0.2, 0) is 4.79 Å². The van der Waals surface area contributed by atoms with E-state index in [1.165, 1.54) is 6.92 Å². The lowest BCUT2D eigenvalue weighted by atomic mass is 10.1. The Balaban J connectivity index is 5.29. The molecule has 0 aromatic carbocycles. The van der Waals surface area contributed by atoms with Crippen molar-refractivity contribution in [3.05, 3.63) is 47.7 Å². The molecule has 0 spiro atoms. The van der Waals surface area contributed by atoms with Crippen molar-refractivity contribution in [2.45, 2.75) is 27.7 Å². The monoisotopic (exact) mass is 233 g/mol. The van der Waals surface area contributed by atoms with Gasteiger partial charge in [0.25, 0.3) is 0 Å². The smallest absolute Gasteiger partial charge is 0.333 e. The maximum absolute atomic E-state index is 10.8. The van der Waals surface area contributed by atoms with Crippen LogP contribution in [0.15, 0.2) is 52.7 Å². The average molecular weight is 233 g/mol. The standard InChI is InChI=1S/C14H19NO2/c1-6-8-9-13(7-2)12(5)15-11(4)10(3)14(16)17/h6-9H,2H2,1,3-5H3,(H,16,17)/b8-6-,11-10+,13-9+,15-12-. The van der Waals surface area contributed by atoms with E-state index < -0.39 is 5.97 Å². The van der Waals surface area contributed by atoms with Crippen molar-refractivity contribution >= 4 is 11.7 Å². The molecule has 1 N–H and O–H groups in total. The van der Waals surface area contributed by atoms with Gasteiger partial charge in [-0.25, -0.2) is 4.79 Å². The van der Waals surface area contributed by atoms with Crippen molar-refractivity contribution in [1.82, 2.24) is 0 Å². The molecule has 0 amide bonds. The second kappa shape index (κ2) is 7.39. The first-order valence-electron chi connectivity index (χ1n) is 5.35. The maximum atomic E-state index is 10.8. The quantitative estimate of drug-likeness (QED) is 0.448. The van der Waals surface area contributed by atoms with Crippen molar-refractivity contribution in [3.63, 3.8) is 0 Å². The summed E-state index contributed by atoms with van der Waals surface area (Å²) in [7, 11) is 0. The minimum absolute atomic E-state index is 0.249. The minimum atomic E-state index is -0.948. The van der Waals surface area contributed by atoms with Crippen molar-refractivity contribution in [3.8, 4) is 0 Å². The number of carboxylic acids is 1. The molecule has 0 aliphatic rings. The molecule has 0 bridgehead atoms. The zero-order chi connectivity index (χ0) is 13.4. The lowest BCUT2D eigenvalue weighted by Crippen LogP contribution is -2.01. The number of rotatable bonds is 5. The Kier molecular flexibility index (Phi) is 6.56. The number of aliphatic carboxylic acids is 1. The van der Waals surface area contributed by atoms with Gasteiger partial charge in [0.05, 0.1) is 5.57 Å². The Morgan fingerprint density at radius 2 is 1.88 bits per heavy atom. The van der Waals surface area contributed by atoms with E-state index in [1.54, 1.807) is 13.0 Å². The van der Waals surface area contributed by atoms with Gasteiger partial charge in [0.1, 0.15) is 0 Å². The van der Waals surface area contributed by atoms with Crippen LogP contribution in [0, 0.1) is 0 Å². The van der Waals surface area contributed by atoms with Crippen LogP contribution in [0.2, 0.25) is 0 Å². The second-order valence-corrected chi connectivity index (χ2v) is 3.56. The van der Waals surface area contributed by atoms with Crippen LogP contribution in [0.5, 0.6) is 0 Å². The van der Waals surface area contributed by atoms with Crippen LogP contribution in [0.4, 0.5) is 0 Å². The third-order valence-corrected chi connectivity index (χ3v) is 2.30. The molecular formula is C14H19NO2. The maximum Gasteiger partial charge on any atom is 0.333 e. The first kappa shape index (κ1) is 15.1. The largest absolute Gasteiger partial charge is 0.478 e. The topological polar surface area (TPSA) is 49.7 Å². The lowest BCUT2D eigenvalue weighted by molar-refractivity contribution is -0.132. The molecule has 0 fully saturated rings. The molecule has 17 heavy (non-hydrogen) atoms. The molecule has 92 valence electrons. The van der Waals surface area contributed by atoms with Crippen LogP contribution in [0.1, 0.15) is 27.7 Å². The predicted octanol–water partition coefficient (Wildman–Crippen LogP) is 3.51. The van der Waals surface area contributed by atoms with E-state index in [-0.39, 0.29) is 5.57 Å². The first-order chi connectivity index (χ1) is 7.93. The summed E-state index contributed by atoms with van der Waals surface area (Å²) in [6.07, 6.45) is 7.37. The van der Waals surface area contributed by atoms with E-state index in [4.69, 9.17) is 5.11 Å². The highest BCUT2D eigenvalue weighted by Gasteiger charge is 2.05. The van der Waals surface area contributed by atoms with E-state index in [9.17, 15) is 4.79 Å². The summed E-state index contributed by atoms with van der Waals surface area (Å²) in [4.78, 5) is 15.0. The molecule has 0 atom stereocenters. The zero-order valence-corrected chi connectivity index (χ0v) is 10.8. The van der Waals surface area contributed by atoms with Gasteiger partial charge in [0.2, 0.25) is 0 Å². The lowest BCUT2D eigenvalue weighted by Gasteiger charge is -2.03. The molecule has 0 aliphatic heterocycles. The summed E-state index contributed by atoms with van der Waals surface area (Å²) >= 11 is 0. The van der Waals surface area contributed by atoms with Crippen molar-refractivity contribution < 1.29 is 9.90 Å². The summed E-state index contributed by atoms with van der Waals surface area (Å²) in [6.45, 7) is 10.7. The first-order valence-corrected chi connectivity index (χ1v) is 5.35. The molecule has 0 saturated carbocycles. The molecule has 0 saturated heterocycles.